The molecule has 0 aliphatic carbocycles. The number of methoxy groups -OCH3 is 1. The second-order valence-electron chi connectivity index (χ2n) is 7.89. The van der Waals surface area contributed by atoms with E-state index in [2.05, 4.69) is 5.32 Å². The number of carbonyl (C=O) groups is 3. The number of pyridine rings is 1. The first-order valence-electron chi connectivity index (χ1n) is 10.7. The van der Waals surface area contributed by atoms with Gasteiger partial charge in [-0.2, -0.15) is 0 Å². The molecule has 9 heteroatoms. The average molecular weight is 492 g/mol. The quantitative estimate of drug-likeness (QED) is 0.407. The van der Waals surface area contributed by atoms with Crippen molar-refractivity contribution in [2.45, 2.75) is 19.9 Å². The van der Waals surface area contributed by atoms with E-state index in [4.69, 9.17) is 9.72 Å². The van der Waals surface area contributed by atoms with Gasteiger partial charge in [-0.05, 0) is 35.6 Å². The summed E-state index contributed by atoms with van der Waals surface area (Å²) in [5, 5.41) is 6.09. The van der Waals surface area contributed by atoms with Crippen molar-refractivity contribution in [1.82, 2.24) is 9.88 Å². The van der Waals surface area contributed by atoms with Gasteiger partial charge in [-0.15, -0.1) is 22.7 Å². The summed E-state index contributed by atoms with van der Waals surface area (Å²) >= 11 is 2.87. The van der Waals surface area contributed by atoms with E-state index in [1.807, 2.05) is 41.8 Å². The van der Waals surface area contributed by atoms with Gasteiger partial charge in [0.2, 0.25) is 5.91 Å². The molecule has 1 aliphatic rings. The minimum atomic E-state index is -0.497. The number of esters is 1. The first-order chi connectivity index (χ1) is 16.5. The van der Waals surface area contributed by atoms with Crippen molar-refractivity contribution in [3.8, 4) is 10.6 Å². The molecular weight excluding hydrogens is 470 g/mol. The van der Waals surface area contributed by atoms with Crippen molar-refractivity contribution < 1.29 is 19.1 Å². The van der Waals surface area contributed by atoms with Gasteiger partial charge in [0.15, 0.2) is 0 Å². The number of fused-ring (bicyclic) bond motifs is 2. The molecule has 0 saturated carbocycles. The molecule has 34 heavy (non-hydrogen) atoms. The number of anilines is 1. The van der Waals surface area contributed by atoms with E-state index < -0.39 is 5.97 Å². The maximum absolute atomic E-state index is 13.6. The Bertz CT molecular complexity index is 1430. The summed E-state index contributed by atoms with van der Waals surface area (Å²) in [4.78, 5) is 46.4. The van der Waals surface area contributed by atoms with Crippen molar-refractivity contribution in [3.63, 3.8) is 0 Å². The molecule has 1 aliphatic heterocycles. The zero-order chi connectivity index (χ0) is 23.8. The number of nitrogens with zero attached hydrogens (tertiary/aromatic N) is 2. The third kappa shape index (κ3) is 3.97. The normalized spacial score (nSPS) is 12.9. The maximum Gasteiger partial charge on any atom is 0.341 e. The Labute approximate surface area is 204 Å². The monoisotopic (exact) mass is 491 g/mol. The summed E-state index contributed by atoms with van der Waals surface area (Å²) in [6.45, 7) is 2.47. The fourth-order valence-corrected chi connectivity index (χ4v) is 6.10. The van der Waals surface area contributed by atoms with Gasteiger partial charge in [-0.25, -0.2) is 9.78 Å². The topological polar surface area (TPSA) is 88.6 Å². The Morgan fingerprint density at radius 3 is 2.71 bits per heavy atom. The molecule has 0 fully saturated rings. The molecule has 0 spiro atoms. The van der Waals surface area contributed by atoms with E-state index in [0.29, 0.717) is 41.2 Å². The number of benzene rings is 1. The molecule has 0 radical (unpaired) electrons. The fourth-order valence-electron chi connectivity index (χ4n) is 4.16. The van der Waals surface area contributed by atoms with Crippen LogP contribution in [-0.2, 0) is 22.5 Å². The minimum absolute atomic E-state index is 0.0198. The highest BCUT2D eigenvalue weighted by Gasteiger charge is 2.30. The maximum atomic E-state index is 13.6. The van der Waals surface area contributed by atoms with E-state index in [0.717, 1.165) is 26.4 Å². The number of hydrogen-bond acceptors (Lipinski definition) is 7. The summed E-state index contributed by atoms with van der Waals surface area (Å²) in [6, 6.07) is 13.2. The zero-order valence-corrected chi connectivity index (χ0v) is 20.2. The lowest BCUT2D eigenvalue weighted by Crippen LogP contribution is -2.33. The standard InChI is InChI=1S/C25H21N3O4S2/c1-14(29)28-10-9-16-21(13-28)34-24(22(16)25(31)32-2)27-23(30)17-12-19(20-8-5-11-33-20)26-18-7-4-3-6-15(17)18/h3-8,11-12H,9-10,13H2,1-2H3,(H,27,30). The molecular formula is C25H21N3O4S2. The summed E-state index contributed by atoms with van der Waals surface area (Å²) in [5.41, 5.74) is 3.12. The molecule has 4 aromatic rings. The Morgan fingerprint density at radius 2 is 1.97 bits per heavy atom. The van der Waals surface area contributed by atoms with Gasteiger partial charge in [0.1, 0.15) is 5.00 Å². The molecule has 0 atom stereocenters. The number of rotatable bonds is 4. The Morgan fingerprint density at radius 1 is 1.15 bits per heavy atom. The number of carbonyl (C=O) groups excluding carboxylic acids is 3. The molecule has 0 unspecified atom stereocenters. The smallest absolute Gasteiger partial charge is 0.341 e. The second-order valence-corrected chi connectivity index (χ2v) is 9.95. The summed E-state index contributed by atoms with van der Waals surface area (Å²) < 4.78 is 5.03. The Kier molecular flexibility index (Phi) is 5.89. The van der Waals surface area contributed by atoms with Gasteiger partial charge in [-0.1, -0.05) is 24.3 Å². The van der Waals surface area contributed by atoms with Crippen LogP contribution in [0.2, 0.25) is 0 Å². The predicted octanol–water partition coefficient (Wildman–Crippen LogP) is 4.97. The summed E-state index contributed by atoms with van der Waals surface area (Å²) in [5.74, 6) is -0.847. The second kappa shape index (κ2) is 9.00. The highest BCUT2D eigenvalue weighted by atomic mass is 32.1. The molecule has 4 heterocycles. The van der Waals surface area contributed by atoms with E-state index in [1.54, 1.807) is 22.3 Å². The Balaban J connectivity index is 1.56. The summed E-state index contributed by atoms with van der Waals surface area (Å²) in [6.07, 6.45) is 0.534. The van der Waals surface area contributed by atoms with E-state index in [1.165, 1.54) is 25.4 Å². The third-order valence-electron chi connectivity index (χ3n) is 5.85. The van der Waals surface area contributed by atoms with Crippen LogP contribution in [-0.4, -0.2) is 41.3 Å². The van der Waals surface area contributed by atoms with Gasteiger partial charge in [0, 0.05) is 23.7 Å². The molecule has 172 valence electrons. The number of ether oxygens (including phenoxy) is 1. The van der Waals surface area contributed by atoms with Crippen molar-refractivity contribution in [2.24, 2.45) is 0 Å². The molecule has 1 N–H and O–H groups in total. The number of hydrogen-bond donors (Lipinski definition) is 1. The van der Waals surface area contributed by atoms with Gasteiger partial charge in [0.25, 0.3) is 5.91 Å². The van der Waals surface area contributed by atoms with E-state index in [-0.39, 0.29) is 11.8 Å². The van der Waals surface area contributed by atoms with Crippen LogP contribution >= 0.6 is 22.7 Å². The first-order valence-corrected chi connectivity index (χ1v) is 12.4. The van der Waals surface area contributed by atoms with Gasteiger partial charge in [-0.3, -0.25) is 9.59 Å². The molecule has 2 amide bonds. The predicted molar refractivity (Wildman–Crippen MR) is 133 cm³/mol. The number of nitrogens with one attached hydrogen (secondary N) is 1. The SMILES string of the molecule is COC(=O)c1c(NC(=O)c2cc(-c3cccs3)nc3ccccc23)sc2c1CCN(C(C)=O)C2. The van der Waals surface area contributed by atoms with Crippen LogP contribution in [0, 0.1) is 0 Å². The number of amides is 2. The van der Waals surface area contributed by atoms with Gasteiger partial charge >= 0.3 is 5.97 Å². The fraction of sp³-hybridized carbons (Fsp3) is 0.200. The molecule has 1 aromatic carbocycles. The van der Waals surface area contributed by atoms with E-state index >= 15 is 0 Å². The summed E-state index contributed by atoms with van der Waals surface area (Å²) in [7, 11) is 1.33. The largest absolute Gasteiger partial charge is 0.465 e. The average Bonchev–Trinajstić information content (AvgIpc) is 3.50. The molecule has 7 nitrogen and oxygen atoms in total. The van der Waals surface area contributed by atoms with Gasteiger partial charge in [0.05, 0.1) is 40.9 Å². The molecule has 5 rings (SSSR count). The van der Waals surface area contributed by atoms with Crippen LogP contribution in [0.3, 0.4) is 0 Å². The molecule has 0 bridgehead atoms. The van der Waals surface area contributed by atoms with E-state index in [9.17, 15) is 14.4 Å². The van der Waals surface area contributed by atoms with Crippen LogP contribution in [0.4, 0.5) is 5.00 Å². The van der Waals surface area contributed by atoms with Crippen LogP contribution in [0.5, 0.6) is 0 Å². The Hall–Kier alpha value is -3.56. The number of aromatic nitrogens is 1. The lowest BCUT2D eigenvalue weighted by atomic mass is 10.0. The lowest BCUT2D eigenvalue weighted by molar-refractivity contribution is -0.129. The minimum Gasteiger partial charge on any atom is -0.465 e. The first kappa shape index (κ1) is 22.2. The molecule has 3 aromatic heterocycles. The number of para-hydroxylation sites is 1. The zero-order valence-electron chi connectivity index (χ0n) is 18.6. The molecule has 0 saturated heterocycles. The van der Waals surface area contributed by atoms with Crippen molar-refractivity contribution in [3.05, 3.63) is 69.4 Å². The van der Waals surface area contributed by atoms with Crippen LogP contribution < -0.4 is 5.32 Å². The highest BCUT2D eigenvalue weighted by Crippen LogP contribution is 2.38. The third-order valence-corrected chi connectivity index (χ3v) is 7.88. The van der Waals surface area contributed by atoms with Crippen molar-refractivity contribution >= 4 is 56.4 Å². The van der Waals surface area contributed by atoms with Crippen LogP contribution in [0.1, 0.15) is 38.1 Å². The van der Waals surface area contributed by atoms with Crippen LogP contribution in [0.15, 0.2) is 47.8 Å². The van der Waals surface area contributed by atoms with Crippen molar-refractivity contribution in [1.29, 1.82) is 0 Å². The van der Waals surface area contributed by atoms with Gasteiger partial charge < -0.3 is 15.0 Å². The van der Waals surface area contributed by atoms with Crippen LogP contribution in [0.25, 0.3) is 21.5 Å². The van der Waals surface area contributed by atoms with Crippen molar-refractivity contribution in [2.75, 3.05) is 19.0 Å². The number of thiophene rings is 2. The lowest BCUT2D eigenvalue weighted by Gasteiger charge is -2.25. The highest BCUT2D eigenvalue weighted by molar-refractivity contribution is 7.17.